The molecule has 0 N–H and O–H groups in total. The van der Waals surface area contributed by atoms with Crippen molar-refractivity contribution in [2.75, 3.05) is 0 Å². The van der Waals surface area contributed by atoms with Crippen molar-refractivity contribution in [2.45, 2.75) is 0 Å². The molecule has 0 radical (unpaired) electrons. The molecule has 60 valence electrons. The Labute approximate surface area is 67.4 Å². The van der Waals surface area contributed by atoms with Crippen LogP contribution in [0.25, 0.3) is 6.08 Å². The van der Waals surface area contributed by atoms with E-state index in [1.54, 1.807) is 7.05 Å². The van der Waals surface area contributed by atoms with E-state index < -0.39 is 5.76 Å². The predicted molar refractivity (Wildman–Crippen MR) is 44.0 cm³/mol. The summed E-state index contributed by atoms with van der Waals surface area (Å²) in [5.41, 5.74) is 0. The van der Waals surface area contributed by atoms with Gasteiger partial charge in [-0.2, -0.15) is 4.99 Å². The second-order valence-electron chi connectivity index (χ2n) is 2.26. The lowest BCUT2D eigenvalue weighted by Gasteiger charge is -1.88. The van der Waals surface area contributed by atoms with Gasteiger partial charge in [-0.3, -0.25) is 4.57 Å². The first-order valence-corrected chi connectivity index (χ1v) is 3.30. The second kappa shape index (κ2) is 2.32. The Bertz CT molecular complexity index is 457. The number of oxazole rings is 1. The first-order chi connectivity index (χ1) is 5.79. The molecule has 2 heterocycles. The summed E-state index contributed by atoms with van der Waals surface area (Å²) in [6.45, 7) is 0. The van der Waals surface area contributed by atoms with Crippen LogP contribution in [0.2, 0.25) is 0 Å². The lowest BCUT2D eigenvalue weighted by atomic mass is 10.4. The Morgan fingerprint density at radius 3 is 3.33 bits per heavy atom. The van der Waals surface area contributed by atoms with Crippen LogP contribution in [0, 0.1) is 0 Å². The molecule has 0 saturated carbocycles. The van der Waals surface area contributed by atoms with Crippen molar-refractivity contribution in [1.82, 2.24) is 4.57 Å². The summed E-state index contributed by atoms with van der Waals surface area (Å²) in [6, 6.07) is 0. The van der Waals surface area contributed by atoms with Crippen LogP contribution < -0.4 is 5.76 Å². The summed E-state index contributed by atoms with van der Waals surface area (Å²) in [4.78, 5) is 18.5. The zero-order valence-electron chi connectivity index (χ0n) is 6.31. The molecule has 0 bridgehead atoms. The summed E-state index contributed by atoms with van der Waals surface area (Å²) >= 11 is 0. The number of aliphatic imine (C=N–C) groups is 2. The number of aromatic nitrogens is 1. The summed E-state index contributed by atoms with van der Waals surface area (Å²) in [7, 11) is 1.58. The van der Waals surface area contributed by atoms with E-state index in [0.717, 1.165) is 0 Å². The van der Waals surface area contributed by atoms with E-state index in [-0.39, 0.29) is 0 Å². The zero-order valence-corrected chi connectivity index (χ0v) is 6.31. The fourth-order valence-electron chi connectivity index (χ4n) is 0.917. The molecule has 0 unspecified atom stereocenters. The molecule has 0 saturated heterocycles. The number of hydrogen-bond donors (Lipinski definition) is 0. The van der Waals surface area contributed by atoms with Gasteiger partial charge in [0.2, 0.25) is 0 Å². The van der Waals surface area contributed by atoms with E-state index in [4.69, 9.17) is 4.42 Å². The Morgan fingerprint density at radius 1 is 1.67 bits per heavy atom. The van der Waals surface area contributed by atoms with Gasteiger partial charge >= 0.3 is 5.76 Å². The highest BCUT2D eigenvalue weighted by Gasteiger charge is 2.10. The molecule has 0 aliphatic carbocycles. The van der Waals surface area contributed by atoms with E-state index in [1.807, 2.05) is 0 Å². The molecular formula is C7H5N3O2. The van der Waals surface area contributed by atoms with E-state index in [0.29, 0.717) is 11.6 Å². The smallest absolute Gasteiger partial charge is 0.405 e. The van der Waals surface area contributed by atoms with Crippen LogP contribution in [0.5, 0.6) is 0 Å². The van der Waals surface area contributed by atoms with Crippen molar-refractivity contribution in [1.29, 1.82) is 0 Å². The number of nitrogens with zero attached hydrogens (tertiary/aromatic N) is 3. The van der Waals surface area contributed by atoms with E-state index in [9.17, 15) is 4.79 Å². The maximum absolute atomic E-state index is 11.0. The van der Waals surface area contributed by atoms with Gasteiger partial charge < -0.3 is 4.42 Å². The van der Waals surface area contributed by atoms with Gasteiger partial charge in [-0.15, -0.1) is 0 Å². The Balaban J connectivity index is 2.81. The third kappa shape index (κ3) is 0.844. The minimum Gasteiger partial charge on any atom is -0.405 e. The Kier molecular flexibility index (Phi) is 1.32. The summed E-state index contributed by atoms with van der Waals surface area (Å²) in [5, 5.41) is 0. The van der Waals surface area contributed by atoms with Gasteiger partial charge in [-0.1, -0.05) is 0 Å². The van der Waals surface area contributed by atoms with Crippen molar-refractivity contribution < 1.29 is 4.42 Å². The van der Waals surface area contributed by atoms with Gasteiger partial charge in [0, 0.05) is 13.1 Å². The first kappa shape index (κ1) is 6.82. The molecule has 0 atom stereocenters. The quantitative estimate of drug-likeness (QED) is 0.553. The summed E-state index contributed by atoms with van der Waals surface area (Å²) in [6.07, 6.45) is 2.79. The minimum absolute atomic E-state index is 0.389. The maximum Gasteiger partial charge on any atom is 0.420 e. The van der Waals surface area contributed by atoms with Gasteiger partial charge in [-0.05, 0) is 5.87 Å². The lowest BCUT2D eigenvalue weighted by molar-refractivity contribution is 0.488. The van der Waals surface area contributed by atoms with Crippen LogP contribution in [0.1, 0.15) is 5.76 Å². The fourth-order valence-corrected chi connectivity index (χ4v) is 0.917. The average Bonchev–Trinajstić information content (AvgIpc) is 2.30. The Hall–Kier alpha value is -1.87. The van der Waals surface area contributed by atoms with Crippen molar-refractivity contribution in [3.8, 4) is 0 Å². The zero-order chi connectivity index (χ0) is 8.55. The highest BCUT2D eigenvalue weighted by molar-refractivity contribution is 5.87. The van der Waals surface area contributed by atoms with Crippen molar-refractivity contribution in [2.24, 2.45) is 17.0 Å². The van der Waals surface area contributed by atoms with Crippen LogP contribution in [-0.4, -0.2) is 16.8 Å². The van der Waals surface area contributed by atoms with Crippen LogP contribution in [0.4, 0.5) is 5.82 Å². The molecule has 0 amide bonds. The average molecular weight is 163 g/mol. The molecule has 1 aromatic heterocycles. The molecule has 2 rings (SSSR count). The highest BCUT2D eigenvalue weighted by Crippen LogP contribution is 2.17. The fraction of sp³-hybridized carbons (Fsp3) is 0.143. The predicted octanol–water partition coefficient (Wildman–Crippen LogP) is 0.335. The maximum atomic E-state index is 11.0. The van der Waals surface area contributed by atoms with Crippen molar-refractivity contribution in [3.63, 3.8) is 0 Å². The summed E-state index contributed by atoms with van der Waals surface area (Å²) in [5.74, 6) is 2.97. The van der Waals surface area contributed by atoms with Gasteiger partial charge in [0.05, 0.1) is 0 Å². The highest BCUT2D eigenvalue weighted by atomic mass is 16.4. The lowest BCUT2D eigenvalue weighted by Crippen LogP contribution is -2.08. The van der Waals surface area contributed by atoms with Crippen molar-refractivity contribution in [3.05, 3.63) is 16.3 Å². The van der Waals surface area contributed by atoms with Crippen LogP contribution in [0.15, 0.2) is 19.2 Å². The minimum atomic E-state index is -0.433. The molecule has 5 heteroatoms. The molecule has 12 heavy (non-hydrogen) atoms. The molecule has 1 aliphatic rings. The van der Waals surface area contributed by atoms with E-state index in [1.165, 1.54) is 17.0 Å². The third-order valence-corrected chi connectivity index (χ3v) is 1.52. The molecular weight excluding hydrogens is 158 g/mol. The number of fused-ring (bicyclic) bond motifs is 1. The van der Waals surface area contributed by atoms with Gasteiger partial charge in [0.1, 0.15) is 6.34 Å². The molecule has 1 aromatic rings. The monoisotopic (exact) mass is 163 g/mol. The standard InChI is InChI=1S/C7H5N3O2/c1-10-6-5(12-7(10)11)2-3-8-4-9-6/h2,4H,1H3. The number of rotatable bonds is 0. The molecule has 1 aliphatic heterocycles. The van der Waals surface area contributed by atoms with Gasteiger partial charge in [-0.25, -0.2) is 9.79 Å². The van der Waals surface area contributed by atoms with Gasteiger partial charge in [0.15, 0.2) is 11.6 Å². The normalized spacial score (nSPS) is 13.1. The SMILES string of the molecule is Cn1c2c(oc1=O)C=C=NC=N2. The van der Waals surface area contributed by atoms with Crippen molar-refractivity contribution >= 4 is 24.1 Å². The molecule has 0 spiro atoms. The summed E-state index contributed by atoms with van der Waals surface area (Å²) < 4.78 is 6.14. The Morgan fingerprint density at radius 2 is 2.50 bits per heavy atom. The molecule has 0 fully saturated rings. The van der Waals surface area contributed by atoms with Gasteiger partial charge in [0.25, 0.3) is 0 Å². The largest absolute Gasteiger partial charge is 0.420 e. The van der Waals surface area contributed by atoms with E-state index in [2.05, 4.69) is 15.9 Å². The van der Waals surface area contributed by atoms with E-state index >= 15 is 0 Å². The third-order valence-electron chi connectivity index (χ3n) is 1.52. The first-order valence-electron chi connectivity index (χ1n) is 3.30. The topological polar surface area (TPSA) is 59.9 Å². The van der Waals surface area contributed by atoms with Crippen LogP contribution in [0.3, 0.4) is 0 Å². The molecule has 5 nitrogen and oxygen atoms in total. The van der Waals surface area contributed by atoms with Crippen LogP contribution in [-0.2, 0) is 7.05 Å². The molecule has 0 aromatic carbocycles. The number of hydrogen-bond acceptors (Lipinski definition) is 4. The second-order valence-corrected chi connectivity index (χ2v) is 2.26. The van der Waals surface area contributed by atoms with Crippen LogP contribution >= 0.6 is 0 Å².